The van der Waals surface area contributed by atoms with Gasteiger partial charge in [-0.1, -0.05) is 52.3 Å². The summed E-state index contributed by atoms with van der Waals surface area (Å²) in [6, 6.07) is 17.2. The molecular weight excluding hydrogens is 384 g/mol. The van der Waals surface area contributed by atoms with E-state index in [1.807, 2.05) is 73.7 Å². The molecule has 0 unspecified atom stereocenters. The van der Waals surface area contributed by atoms with E-state index in [9.17, 15) is 4.79 Å². The van der Waals surface area contributed by atoms with Crippen molar-refractivity contribution in [2.45, 2.75) is 25.8 Å². The molecule has 5 nitrogen and oxygen atoms in total. The van der Waals surface area contributed by atoms with Crippen LogP contribution in [0.25, 0.3) is 0 Å². The van der Waals surface area contributed by atoms with Crippen LogP contribution in [0.4, 0.5) is 10.5 Å². The first-order valence-corrected chi connectivity index (χ1v) is 8.78. The van der Waals surface area contributed by atoms with E-state index < -0.39 is 12.3 Å². The molecule has 3 rings (SSSR count). The molecule has 2 aromatic rings. The van der Waals surface area contributed by atoms with Crippen molar-refractivity contribution in [2.24, 2.45) is 0 Å². The summed E-state index contributed by atoms with van der Waals surface area (Å²) in [7, 11) is 0. The summed E-state index contributed by atoms with van der Waals surface area (Å²) in [6.45, 7) is 2.16. The molecule has 1 heterocycles. The van der Waals surface area contributed by atoms with E-state index in [1.54, 1.807) is 5.06 Å². The van der Waals surface area contributed by atoms with Gasteiger partial charge < -0.3 is 4.74 Å². The Morgan fingerprint density at radius 3 is 2.60 bits per heavy atom. The second-order valence-electron chi connectivity index (χ2n) is 5.65. The van der Waals surface area contributed by atoms with Crippen molar-refractivity contribution in [2.75, 3.05) is 5.06 Å². The van der Waals surface area contributed by atoms with Gasteiger partial charge >= 0.3 is 6.09 Å². The lowest BCUT2D eigenvalue weighted by Crippen LogP contribution is -2.50. The number of hydrogen-bond acceptors (Lipinski definition) is 4. The van der Waals surface area contributed by atoms with Crippen molar-refractivity contribution in [1.29, 1.82) is 0 Å². The molecule has 0 bridgehead atoms. The highest BCUT2D eigenvalue weighted by molar-refractivity contribution is 9.10. The molecule has 1 aliphatic rings. The average molecular weight is 403 g/mol. The number of carbonyl (C=O) groups excluding carboxylic acids is 1. The molecule has 0 fully saturated rings. The number of carbonyl (C=O) groups is 1. The minimum Gasteiger partial charge on any atom is -0.445 e. The zero-order valence-electron chi connectivity index (χ0n) is 13.8. The molecule has 0 spiro atoms. The molecule has 25 heavy (non-hydrogen) atoms. The molecule has 2 aromatic carbocycles. The van der Waals surface area contributed by atoms with E-state index in [0.717, 1.165) is 15.7 Å². The van der Waals surface area contributed by atoms with Crippen LogP contribution in [0.2, 0.25) is 0 Å². The SMILES string of the molecule is C[C@H]1C=C[C@@H](NC(=O)OCc2ccccc2)N(c2ccc(Br)cc2)O1. The van der Waals surface area contributed by atoms with E-state index >= 15 is 0 Å². The molecule has 0 aromatic heterocycles. The largest absolute Gasteiger partial charge is 0.445 e. The molecule has 130 valence electrons. The average Bonchev–Trinajstić information content (AvgIpc) is 2.63. The van der Waals surface area contributed by atoms with Gasteiger partial charge in [0, 0.05) is 4.47 Å². The van der Waals surface area contributed by atoms with Crippen LogP contribution in [0.5, 0.6) is 0 Å². The number of benzene rings is 2. The second kappa shape index (κ2) is 8.18. The standard InChI is InChI=1S/C19H19BrN2O3/c1-14-7-12-18(22(25-14)17-10-8-16(20)9-11-17)21-19(23)24-13-15-5-3-2-4-6-15/h2-12,14,18H,13H2,1H3,(H,21,23)/t14-,18-/m0/s1. The molecule has 1 N–H and O–H groups in total. The highest BCUT2D eigenvalue weighted by Crippen LogP contribution is 2.24. The summed E-state index contributed by atoms with van der Waals surface area (Å²) < 4.78 is 6.26. The van der Waals surface area contributed by atoms with Crippen molar-refractivity contribution >= 4 is 27.7 Å². The molecule has 1 amide bonds. The Labute approximate surface area is 155 Å². The number of ether oxygens (including phenoxy) is 1. The summed E-state index contributed by atoms with van der Waals surface area (Å²) in [4.78, 5) is 18.0. The summed E-state index contributed by atoms with van der Waals surface area (Å²) in [5, 5.41) is 4.48. The van der Waals surface area contributed by atoms with E-state index in [0.29, 0.717) is 0 Å². The third kappa shape index (κ3) is 4.84. The second-order valence-corrected chi connectivity index (χ2v) is 6.56. The third-order valence-corrected chi connectivity index (χ3v) is 4.19. The van der Waals surface area contributed by atoms with Crippen molar-refractivity contribution in [3.8, 4) is 0 Å². The molecule has 1 aliphatic heterocycles. The van der Waals surface area contributed by atoms with Crippen LogP contribution in [0.1, 0.15) is 12.5 Å². The molecule has 0 saturated carbocycles. The highest BCUT2D eigenvalue weighted by atomic mass is 79.9. The fourth-order valence-electron chi connectivity index (χ4n) is 2.42. The fraction of sp³-hybridized carbons (Fsp3) is 0.211. The Morgan fingerprint density at radius 1 is 1.16 bits per heavy atom. The van der Waals surface area contributed by atoms with Crippen molar-refractivity contribution in [3.63, 3.8) is 0 Å². The van der Waals surface area contributed by atoms with Crippen molar-refractivity contribution in [3.05, 3.63) is 76.8 Å². The van der Waals surface area contributed by atoms with Gasteiger partial charge in [0.2, 0.25) is 0 Å². The number of nitrogens with one attached hydrogen (secondary N) is 1. The molecule has 0 saturated heterocycles. The van der Waals surface area contributed by atoms with Crippen LogP contribution in [0, 0.1) is 0 Å². The number of anilines is 1. The molecular formula is C19H19BrN2O3. The normalized spacial score (nSPS) is 19.5. The predicted molar refractivity (Wildman–Crippen MR) is 99.9 cm³/mol. The van der Waals surface area contributed by atoms with Gasteiger partial charge in [-0.15, -0.1) is 0 Å². The number of nitrogens with zero attached hydrogens (tertiary/aromatic N) is 1. The molecule has 6 heteroatoms. The van der Waals surface area contributed by atoms with Crippen LogP contribution >= 0.6 is 15.9 Å². The van der Waals surface area contributed by atoms with Crippen molar-refractivity contribution in [1.82, 2.24) is 5.32 Å². The van der Waals surface area contributed by atoms with E-state index in [2.05, 4.69) is 21.2 Å². The van der Waals surface area contributed by atoms with Gasteiger partial charge in [-0.2, -0.15) is 0 Å². The van der Waals surface area contributed by atoms with Crippen LogP contribution < -0.4 is 10.4 Å². The number of hydroxylamine groups is 1. The molecule has 0 aliphatic carbocycles. The van der Waals surface area contributed by atoms with Gasteiger partial charge in [-0.05, 0) is 42.8 Å². The van der Waals surface area contributed by atoms with Crippen LogP contribution in [-0.4, -0.2) is 18.4 Å². The first-order valence-electron chi connectivity index (χ1n) is 7.99. The Balaban J connectivity index is 1.64. The number of rotatable bonds is 4. The lowest BCUT2D eigenvalue weighted by atomic mass is 10.2. The predicted octanol–water partition coefficient (Wildman–Crippen LogP) is 4.40. The summed E-state index contributed by atoms with van der Waals surface area (Å²) in [5.41, 5.74) is 1.78. The van der Waals surface area contributed by atoms with Crippen LogP contribution in [-0.2, 0) is 16.2 Å². The van der Waals surface area contributed by atoms with Gasteiger partial charge in [0.1, 0.15) is 18.9 Å². The quantitative estimate of drug-likeness (QED) is 0.770. The Bertz CT molecular complexity index is 734. The minimum absolute atomic E-state index is 0.0814. The van der Waals surface area contributed by atoms with E-state index in [4.69, 9.17) is 9.57 Å². The number of alkyl carbamates (subject to hydrolysis) is 1. The zero-order chi connectivity index (χ0) is 17.6. The first kappa shape index (κ1) is 17.5. The highest BCUT2D eigenvalue weighted by Gasteiger charge is 2.25. The topological polar surface area (TPSA) is 50.8 Å². The monoisotopic (exact) mass is 402 g/mol. The Hall–Kier alpha value is -2.31. The smallest absolute Gasteiger partial charge is 0.409 e. The minimum atomic E-state index is -0.501. The summed E-state index contributed by atoms with van der Waals surface area (Å²) in [5.74, 6) is 0. The number of hydrogen-bond donors (Lipinski definition) is 1. The lowest BCUT2D eigenvalue weighted by molar-refractivity contribution is 0.0430. The third-order valence-electron chi connectivity index (χ3n) is 3.66. The molecule has 0 radical (unpaired) electrons. The summed E-state index contributed by atoms with van der Waals surface area (Å²) in [6.07, 6.45) is 2.76. The zero-order valence-corrected chi connectivity index (χ0v) is 15.3. The first-order chi connectivity index (χ1) is 12.1. The van der Waals surface area contributed by atoms with Gasteiger partial charge in [-0.3, -0.25) is 10.2 Å². The lowest BCUT2D eigenvalue weighted by Gasteiger charge is -2.35. The van der Waals surface area contributed by atoms with Gasteiger partial charge in [0.05, 0.1) is 5.69 Å². The molecule has 2 atom stereocenters. The number of amides is 1. The summed E-state index contributed by atoms with van der Waals surface area (Å²) >= 11 is 3.42. The maximum atomic E-state index is 12.1. The van der Waals surface area contributed by atoms with E-state index in [-0.39, 0.29) is 12.7 Å². The van der Waals surface area contributed by atoms with Gasteiger partial charge in [-0.25, -0.2) is 9.86 Å². The number of halogens is 1. The fourth-order valence-corrected chi connectivity index (χ4v) is 2.69. The van der Waals surface area contributed by atoms with E-state index in [1.165, 1.54) is 0 Å². The Morgan fingerprint density at radius 2 is 1.88 bits per heavy atom. The van der Waals surface area contributed by atoms with Crippen molar-refractivity contribution < 1.29 is 14.4 Å². The Kier molecular flexibility index (Phi) is 5.73. The van der Waals surface area contributed by atoms with Gasteiger partial charge in [0.15, 0.2) is 0 Å². The van der Waals surface area contributed by atoms with Gasteiger partial charge in [0.25, 0.3) is 0 Å². The van der Waals surface area contributed by atoms with Crippen LogP contribution in [0.3, 0.4) is 0 Å². The maximum absolute atomic E-state index is 12.1. The van der Waals surface area contributed by atoms with Crippen LogP contribution in [0.15, 0.2) is 71.2 Å². The maximum Gasteiger partial charge on any atom is 0.409 e.